The van der Waals surface area contributed by atoms with E-state index in [0.717, 1.165) is 28.2 Å². The van der Waals surface area contributed by atoms with Gasteiger partial charge < -0.3 is 0 Å². The van der Waals surface area contributed by atoms with Crippen LogP contribution in [0.2, 0.25) is 0 Å². The van der Waals surface area contributed by atoms with Crippen molar-refractivity contribution in [1.29, 1.82) is 0 Å². The zero-order valence-corrected chi connectivity index (χ0v) is 13.4. The van der Waals surface area contributed by atoms with Gasteiger partial charge in [0.2, 0.25) is 5.16 Å². The minimum atomic E-state index is -0.444. The summed E-state index contributed by atoms with van der Waals surface area (Å²) < 4.78 is 1.89. The van der Waals surface area contributed by atoms with Crippen molar-refractivity contribution in [2.24, 2.45) is 0 Å². The first-order valence-electron chi connectivity index (χ1n) is 7.16. The van der Waals surface area contributed by atoms with Gasteiger partial charge in [-0.2, -0.15) is 0 Å². The normalized spacial score (nSPS) is 11.2. The van der Waals surface area contributed by atoms with Crippen molar-refractivity contribution in [2.45, 2.75) is 17.1 Å². The number of benzene rings is 1. The number of hydrogen-bond donors (Lipinski definition) is 0. The van der Waals surface area contributed by atoms with Crippen LogP contribution in [-0.4, -0.2) is 24.5 Å². The third-order valence-corrected chi connectivity index (χ3v) is 4.66. The van der Waals surface area contributed by atoms with E-state index in [9.17, 15) is 10.1 Å². The smallest absolute Gasteiger partial charge is 0.270 e. The summed E-state index contributed by atoms with van der Waals surface area (Å²) in [6, 6.07) is 12.9. The van der Waals surface area contributed by atoms with Gasteiger partial charge >= 0.3 is 5.69 Å². The molecule has 3 heterocycles. The lowest BCUT2D eigenvalue weighted by Crippen LogP contribution is -1.96. The Morgan fingerprint density at radius 1 is 1.17 bits per heavy atom. The van der Waals surface area contributed by atoms with E-state index in [2.05, 4.69) is 15.2 Å². The Bertz CT molecular complexity index is 1090. The molecular weight excluding hydrogens is 326 g/mol. The summed E-state index contributed by atoms with van der Waals surface area (Å²) in [5.74, 6) is 0. The van der Waals surface area contributed by atoms with Crippen LogP contribution in [0.5, 0.6) is 0 Å². The van der Waals surface area contributed by atoms with Gasteiger partial charge in [-0.3, -0.25) is 14.5 Å². The second-order valence-corrected chi connectivity index (χ2v) is 6.16. The molecule has 0 aliphatic rings. The number of rotatable bonds is 3. The molecule has 0 saturated heterocycles. The number of nitro groups is 1. The number of hydrogen-bond acceptors (Lipinski definition) is 6. The van der Waals surface area contributed by atoms with E-state index in [1.54, 1.807) is 6.07 Å². The number of pyridine rings is 2. The molecule has 0 atom stereocenters. The molecule has 0 amide bonds. The Balaban J connectivity index is 1.93. The van der Waals surface area contributed by atoms with Gasteiger partial charge in [0.15, 0.2) is 10.7 Å². The van der Waals surface area contributed by atoms with Crippen LogP contribution in [0.1, 0.15) is 5.56 Å². The summed E-state index contributed by atoms with van der Waals surface area (Å²) in [6.45, 7) is 2.02. The van der Waals surface area contributed by atoms with Gasteiger partial charge in [-0.05, 0) is 42.4 Å². The molecule has 3 aromatic heterocycles. The molecule has 0 aliphatic heterocycles. The molecule has 0 bridgehead atoms. The van der Waals surface area contributed by atoms with Crippen LogP contribution >= 0.6 is 11.8 Å². The number of fused-ring (bicyclic) bond motifs is 3. The Labute approximate surface area is 140 Å². The van der Waals surface area contributed by atoms with E-state index in [-0.39, 0.29) is 5.69 Å². The molecule has 0 spiro atoms. The number of aromatic nitrogens is 4. The van der Waals surface area contributed by atoms with E-state index in [0.29, 0.717) is 15.8 Å². The molecule has 0 radical (unpaired) electrons. The Kier molecular flexibility index (Phi) is 3.39. The average molecular weight is 337 g/mol. The highest BCUT2D eigenvalue weighted by molar-refractivity contribution is 7.99. The third-order valence-electron chi connectivity index (χ3n) is 3.71. The number of para-hydroxylation sites is 1. The van der Waals surface area contributed by atoms with Gasteiger partial charge in [0.05, 0.1) is 10.4 Å². The molecule has 0 saturated carbocycles. The standard InChI is InChI=1S/C16H11N5O2S/c1-10-9-14-18-19-16(20(14)12-6-3-2-5-11(10)12)24-15-13(21(22)23)7-4-8-17-15/h2-9H,1H3. The molecule has 8 heteroatoms. The lowest BCUT2D eigenvalue weighted by Gasteiger charge is -2.07. The molecule has 0 fully saturated rings. The first-order valence-corrected chi connectivity index (χ1v) is 7.97. The van der Waals surface area contributed by atoms with Crippen LogP contribution in [-0.2, 0) is 0 Å². The van der Waals surface area contributed by atoms with Crippen molar-refractivity contribution in [1.82, 2.24) is 19.6 Å². The second kappa shape index (κ2) is 5.57. The lowest BCUT2D eigenvalue weighted by atomic mass is 10.1. The van der Waals surface area contributed by atoms with Gasteiger partial charge in [-0.15, -0.1) is 10.2 Å². The predicted molar refractivity (Wildman–Crippen MR) is 90.2 cm³/mol. The maximum Gasteiger partial charge on any atom is 0.301 e. The zero-order chi connectivity index (χ0) is 16.7. The van der Waals surface area contributed by atoms with Gasteiger partial charge in [-0.1, -0.05) is 18.2 Å². The molecule has 118 valence electrons. The maximum absolute atomic E-state index is 11.2. The van der Waals surface area contributed by atoms with Crippen molar-refractivity contribution in [2.75, 3.05) is 0 Å². The SMILES string of the molecule is Cc1cc2nnc(Sc3ncccc3[N+](=O)[O-])n2c2ccccc12. The van der Waals surface area contributed by atoms with Crippen LogP contribution in [0, 0.1) is 17.0 Å². The fourth-order valence-electron chi connectivity index (χ4n) is 2.63. The highest BCUT2D eigenvalue weighted by Gasteiger charge is 2.19. The fourth-order valence-corrected chi connectivity index (χ4v) is 3.53. The molecule has 1 aromatic carbocycles. The molecule has 0 N–H and O–H groups in total. The Hall–Kier alpha value is -3.00. The quantitative estimate of drug-likeness (QED) is 0.419. The van der Waals surface area contributed by atoms with Gasteiger partial charge in [0.1, 0.15) is 0 Å². The molecule has 4 aromatic rings. The summed E-state index contributed by atoms with van der Waals surface area (Å²) in [5.41, 5.74) is 2.72. The van der Waals surface area contributed by atoms with E-state index >= 15 is 0 Å². The van der Waals surface area contributed by atoms with Crippen LogP contribution in [0.25, 0.3) is 16.6 Å². The lowest BCUT2D eigenvalue weighted by molar-refractivity contribution is -0.388. The highest BCUT2D eigenvalue weighted by atomic mass is 32.2. The predicted octanol–water partition coefficient (Wildman–Crippen LogP) is 3.65. The second-order valence-electron chi connectivity index (χ2n) is 5.21. The van der Waals surface area contributed by atoms with Crippen molar-refractivity contribution >= 4 is 34.0 Å². The van der Waals surface area contributed by atoms with E-state index in [4.69, 9.17) is 0 Å². The molecule has 7 nitrogen and oxygen atoms in total. The van der Waals surface area contributed by atoms with Crippen molar-refractivity contribution in [3.8, 4) is 0 Å². The van der Waals surface area contributed by atoms with E-state index in [1.807, 2.05) is 41.7 Å². The summed E-state index contributed by atoms with van der Waals surface area (Å²) in [4.78, 5) is 14.9. The Morgan fingerprint density at radius 2 is 2.00 bits per heavy atom. The van der Waals surface area contributed by atoms with Crippen molar-refractivity contribution in [3.05, 3.63) is 64.3 Å². The summed E-state index contributed by atoms with van der Waals surface area (Å²) in [5, 5.41) is 21.5. The minimum absolute atomic E-state index is 0.0457. The summed E-state index contributed by atoms with van der Waals surface area (Å²) in [6.07, 6.45) is 1.53. The third kappa shape index (κ3) is 2.28. The topological polar surface area (TPSA) is 86.2 Å². The van der Waals surface area contributed by atoms with Gasteiger partial charge in [-0.25, -0.2) is 4.98 Å². The summed E-state index contributed by atoms with van der Waals surface area (Å²) in [7, 11) is 0. The van der Waals surface area contributed by atoms with Crippen LogP contribution < -0.4 is 0 Å². The molecule has 4 rings (SSSR count). The van der Waals surface area contributed by atoms with Crippen molar-refractivity contribution < 1.29 is 4.92 Å². The Morgan fingerprint density at radius 3 is 2.83 bits per heavy atom. The maximum atomic E-state index is 11.2. The largest absolute Gasteiger partial charge is 0.301 e. The zero-order valence-electron chi connectivity index (χ0n) is 12.6. The van der Waals surface area contributed by atoms with Crippen LogP contribution in [0.15, 0.2) is 58.8 Å². The van der Waals surface area contributed by atoms with Crippen molar-refractivity contribution in [3.63, 3.8) is 0 Å². The molecule has 24 heavy (non-hydrogen) atoms. The minimum Gasteiger partial charge on any atom is -0.270 e. The first-order chi connectivity index (χ1) is 11.6. The summed E-state index contributed by atoms with van der Waals surface area (Å²) >= 11 is 1.14. The first kappa shape index (κ1) is 14.6. The van der Waals surface area contributed by atoms with Gasteiger partial charge in [0.25, 0.3) is 0 Å². The fraction of sp³-hybridized carbons (Fsp3) is 0.0625. The molecule has 0 unspecified atom stereocenters. The van der Waals surface area contributed by atoms with Crippen LogP contribution in [0.3, 0.4) is 0 Å². The monoisotopic (exact) mass is 337 g/mol. The van der Waals surface area contributed by atoms with Gasteiger partial charge in [0, 0.05) is 17.6 Å². The van der Waals surface area contributed by atoms with E-state index < -0.39 is 4.92 Å². The van der Waals surface area contributed by atoms with E-state index in [1.165, 1.54) is 12.3 Å². The average Bonchev–Trinajstić information content (AvgIpc) is 2.98. The number of nitrogens with zero attached hydrogens (tertiary/aromatic N) is 5. The molecular formula is C16H11N5O2S. The molecule has 0 aliphatic carbocycles. The highest BCUT2D eigenvalue weighted by Crippen LogP contribution is 2.33. The number of aryl methyl sites for hydroxylation is 1. The van der Waals surface area contributed by atoms with Crippen LogP contribution in [0.4, 0.5) is 5.69 Å².